The number of nitrogens with zero attached hydrogens (tertiary/aromatic N) is 3. The lowest BCUT2D eigenvalue weighted by atomic mass is 10.1. The Labute approximate surface area is 159 Å². The summed E-state index contributed by atoms with van der Waals surface area (Å²) in [4.78, 5) is 23.1. The van der Waals surface area contributed by atoms with Gasteiger partial charge in [0, 0.05) is 12.5 Å². The fourth-order valence-electron chi connectivity index (χ4n) is 2.52. The van der Waals surface area contributed by atoms with Crippen molar-refractivity contribution in [3.63, 3.8) is 0 Å². The fraction of sp³-hybridized carbons (Fsp3) is 0.421. The van der Waals surface area contributed by atoms with E-state index >= 15 is 0 Å². The topological polar surface area (TPSA) is 67.3 Å². The predicted octanol–water partition coefficient (Wildman–Crippen LogP) is 3.29. The summed E-state index contributed by atoms with van der Waals surface area (Å²) >= 11 is 6.11. The van der Waals surface area contributed by atoms with Gasteiger partial charge in [0.05, 0.1) is 24.4 Å². The van der Waals surface area contributed by atoms with E-state index in [4.69, 9.17) is 16.3 Å². The molecule has 0 aliphatic carbocycles. The van der Waals surface area contributed by atoms with E-state index in [9.17, 15) is 4.79 Å². The van der Waals surface area contributed by atoms with E-state index in [0.29, 0.717) is 12.4 Å². The number of nitrogens with one attached hydrogen (secondary N) is 1. The molecule has 1 N–H and O–H groups in total. The first kappa shape index (κ1) is 20.1. The smallest absolute Gasteiger partial charge is 0.271 e. The summed E-state index contributed by atoms with van der Waals surface area (Å²) in [5.74, 6) is 1.20. The number of hydrogen-bond acceptors (Lipinski definition) is 5. The molecule has 140 valence electrons. The standard InChI is InChI=1S/C19H25ClN4O2/c1-12(2)18-21-10-15(20)17(23-18)19(25)22-11-16(24(3)4)13-6-8-14(26-5)9-7-13/h6-10,12,16H,11H2,1-5H3,(H,22,25). The monoisotopic (exact) mass is 376 g/mol. The van der Waals surface area contributed by atoms with Gasteiger partial charge in [-0.05, 0) is 31.8 Å². The highest BCUT2D eigenvalue weighted by Gasteiger charge is 2.19. The highest BCUT2D eigenvalue weighted by molar-refractivity contribution is 6.33. The Bertz CT molecular complexity index is 748. The lowest BCUT2D eigenvalue weighted by Gasteiger charge is -2.25. The Morgan fingerprint density at radius 1 is 1.27 bits per heavy atom. The third-order valence-electron chi connectivity index (χ3n) is 4.07. The molecule has 1 aromatic carbocycles. The number of ether oxygens (including phenoxy) is 1. The van der Waals surface area contributed by atoms with Crippen molar-refractivity contribution in [2.45, 2.75) is 25.8 Å². The largest absolute Gasteiger partial charge is 0.497 e. The van der Waals surface area contributed by atoms with Gasteiger partial charge in [-0.1, -0.05) is 37.6 Å². The molecule has 6 nitrogen and oxygen atoms in total. The van der Waals surface area contributed by atoms with Crippen LogP contribution in [0.2, 0.25) is 5.02 Å². The summed E-state index contributed by atoms with van der Waals surface area (Å²) in [6.45, 7) is 4.36. The second-order valence-corrected chi connectivity index (χ2v) is 6.95. The molecule has 0 bridgehead atoms. The average Bonchev–Trinajstić information content (AvgIpc) is 2.62. The normalized spacial score (nSPS) is 12.3. The van der Waals surface area contributed by atoms with Gasteiger partial charge in [-0.3, -0.25) is 4.79 Å². The molecule has 1 heterocycles. The van der Waals surface area contributed by atoms with Gasteiger partial charge >= 0.3 is 0 Å². The van der Waals surface area contributed by atoms with Crippen LogP contribution in [0.15, 0.2) is 30.5 Å². The minimum absolute atomic E-state index is 0.00929. The van der Waals surface area contributed by atoms with Crippen LogP contribution in [-0.2, 0) is 0 Å². The van der Waals surface area contributed by atoms with Crippen LogP contribution in [0.3, 0.4) is 0 Å². The molecule has 1 amide bonds. The van der Waals surface area contributed by atoms with Crippen LogP contribution in [0.25, 0.3) is 0 Å². The molecule has 2 rings (SSSR count). The van der Waals surface area contributed by atoms with Crippen LogP contribution >= 0.6 is 11.6 Å². The Morgan fingerprint density at radius 2 is 1.92 bits per heavy atom. The molecule has 0 saturated carbocycles. The molecule has 0 saturated heterocycles. The Hall–Kier alpha value is -2.18. The minimum Gasteiger partial charge on any atom is -0.497 e. The zero-order chi connectivity index (χ0) is 19.3. The summed E-state index contributed by atoms with van der Waals surface area (Å²) in [5, 5.41) is 3.18. The summed E-state index contributed by atoms with van der Waals surface area (Å²) in [5.41, 5.74) is 1.28. The third-order valence-corrected chi connectivity index (χ3v) is 4.35. The second-order valence-electron chi connectivity index (χ2n) is 6.54. The quantitative estimate of drug-likeness (QED) is 0.803. The Kier molecular flexibility index (Phi) is 6.94. The zero-order valence-corrected chi connectivity index (χ0v) is 16.5. The van der Waals surface area contributed by atoms with E-state index in [0.717, 1.165) is 11.3 Å². The van der Waals surface area contributed by atoms with Crippen molar-refractivity contribution in [2.75, 3.05) is 27.7 Å². The van der Waals surface area contributed by atoms with E-state index in [2.05, 4.69) is 15.3 Å². The number of amides is 1. The number of halogens is 1. The summed E-state index contributed by atoms with van der Waals surface area (Å²) < 4.78 is 5.20. The van der Waals surface area contributed by atoms with Crippen LogP contribution in [0.5, 0.6) is 5.75 Å². The number of carbonyl (C=O) groups is 1. The molecule has 0 aliphatic heterocycles. The van der Waals surface area contributed by atoms with Crippen molar-refractivity contribution >= 4 is 17.5 Å². The van der Waals surface area contributed by atoms with E-state index in [1.807, 2.05) is 57.1 Å². The highest BCUT2D eigenvalue weighted by atomic mass is 35.5. The van der Waals surface area contributed by atoms with Crippen molar-refractivity contribution in [3.8, 4) is 5.75 Å². The van der Waals surface area contributed by atoms with Crippen LogP contribution in [-0.4, -0.2) is 48.5 Å². The number of hydrogen-bond donors (Lipinski definition) is 1. The molecule has 26 heavy (non-hydrogen) atoms. The molecule has 7 heteroatoms. The number of benzene rings is 1. The molecule has 1 aromatic heterocycles. The first-order chi connectivity index (χ1) is 12.3. The molecule has 0 spiro atoms. The number of rotatable bonds is 7. The van der Waals surface area contributed by atoms with Crippen molar-refractivity contribution in [2.24, 2.45) is 0 Å². The van der Waals surface area contributed by atoms with Gasteiger partial charge in [-0.2, -0.15) is 0 Å². The predicted molar refractivity (Wildman–Crippen MR) is 103 cm³/mol. The first-order valence-electron chi connectivity index (χ1n) is 8.44. The maximum absolute atomic E-state index is 12.6. The third kappa shape index (κ3) is 4.93. The van der Waals surface area contributed by atoms with Crippen molar-refractivity contribution in [3.05, 3.63) is 52.6 Å². The Balaban J connectivity index is 2.13. The van der Waals surface area contributed by atoms with Gasteiger partial charge in [0.1, 0.15) is 17.3 Å². The van der Waals surface area contributed by atoms with Crippen LogP contribution in [0, 0.1) is 0 Å². The van der Waals surface area contributed by atoms with E-state index < -0.39 is 0 Å². The van der Waals surface area contributed by atoms with E-state index in [1.165, 1.54) is 6.20 Å². The molecular weight excluding hydrogens is 352 g/mol. The zero-order valence-electron chi connectivity index (χ0n) is 15.8. The van der Waals surface area contributed by atoms with Gasteiger partial charge < -0.3 is 15.0 Å². The van der Waals surface area contributed by atoms with Crippen molar-refractivity contribution in [1.82, 2.24) is 20.2 Å². The fourth-order valence-corrected chi connectivity index (χ4v) is 2.69. The van der Waals surface area contributed by atoms with Crippen LogP contribution in [0.4, 0.5) is 0 Å². The molecule has 1 unspecified atom stereocenters. The lowest BCUT2D eigenvalue weighted by Crippen LogP contribution is -2.35. The Morgan fingerprint density at radius 3 is 2.46 bits per heavy atom. The summed E-state index contributed by atoms with van der Waals surface area (Å²) in [6, 6.07) is 7.80. The minimum atomic E-state index is -0.306. The number of aromatic nitrogens is 2. The van der Waals surface area contributed by atoms with E-state index in [1.54, 1.807) is 7.11 Å². The molecule has 2 aromatic rings. The number of carbonyl (C=O) groups excluding carboxylic acids is 1. The average molecular weight is 377 g/mol. The van der Waals surface area contributed by atoms with Crippen molar-refractivity contribution in [1.29, 1.82) is 0 Å². The van der Waals surface area contributed by atoms with Crippen molar-refractivity contribution < 1.29 is 9.53 Å². The number of methoxy groups -OCH3 is 1. The SMILES string of the molecule is COc1ccc(C(CNC(=O)c2nc(C(C)C)ncc2Cl)N(C)C)cc1. The van der Waals surface area contributed by atoms with Gasteiger partial charge in [0.15, 0.2) is 0 Å². The van der Waals surface area contributed by atoms with Gasteiger partial charge in [0.25, 0.3) is 5.91 Å². The van der Waals surface area contributed by atoms with Crippen LogP contribution in [0.1, 0.15) is 47.7 Å². The second kappa shape index (κ2) is 8.96. The molecular formula is C19H25ClN4O2. The maximum atomic E-state index is 12.6. The lowest BCUT2D eigenvalue weighted by molar-refractivity contribution is 0.0936. The molecule has 0 aliphatic rings. The number of likely N-dealkylation sites (N-methyl/N-ethyl adjacent to an activating group) is 1. The first-order valence-corrected chi connectivity index (χ1v) is 8.82. The highest BCUT2D eigenvalue weighted by Crippen LogP contribution is 2.21. The van der Waals surface area contributed by atoms with E-state index in [-0.39, 0.29) is 28.6 Å². The summed E-state index contributed by atoms with van der Waals surface area (Å²) in [6.07, 6.45) is 1.48. The molecule has 0 radical (unpaired) electrons. The van der Waals surface area contributed by atoms with Gasteiger partial charge in [-0.25, -0.2) is 9.97 Å². The van der Waals surface area contributed by atoms with Gasteiger partial charge in [0.2, 0.25) is 0 Å². The summed E-state index contributed by atoms with van der Waals surface area (Å²) in [7, 11) is 5.57. The maximum Gasteiger partial charge on any atom is 0.271 e. The van der Waals surface area contributed by atoms with Gasteiger partial charge in [-0.15, -0.1) is 0 Å². The van der Waals surface area contributed by atoms with Crippen LogP contribution < -0.4 is 10.1 Å². The molecule has 1 atom stereocenters. The molecule has 0 fully saturated rings.